The van der Waals surface area contributed by atoms with E-state index in [2.05, 4.69) is 4.98 Å². The minimum Gasteiger partial charge on any atom is -0.476 e. The molecule has 5 heteroatoms. The molecule has 0 aliphatic carbocycles. The summed E-state index contributed by atoms with van der Waals surface area (Å²) < 4.78 is 4.92. The molecule has 1 unspecified atom stereocenters. The largest absolute Gasteiger partial charge is 0.476 e. The molecule has 1 aromatic heterocycles. The Kier molecular flexibility index (Phi) is 3.02. The second-order valence-corrected chi connectivity index (χ2v) is 2.77. The van der Waals surface area contributed by atoms with Gasteiger partial charge in [0, 0.05) is 0 Å². The molecule has 0 saturated carbocycles. The van der Waals surface area contributed by atoms with E-state index in [1.165, 1.54) is 0 Å². The average Bonchev–Trinajstić information content (AvgIpc) is 2.52. The van der Waals surface area contributed by atoms with Crippen LogP contribution in [0.1, 0.15) is 42.1 Å². The van der Waals surface area contributed by atoms with Crippen LogP contribution in [-0.2, 0) is 0 Å². The number of aromatic nitrogens is 1. The molecule has 0 saturated heterocycles. The van der Waals surface area contributed by atoms with Crippen LogP contribution in [-0.4, -0.2) is 16.1 Å². The lowest BCUT2D eigenvalue weighted by Gasteiger charge is -2.06. The van der Waals surface area contributed by atoms with Gasteiger partial charge in [0.1, 0.15) is 0 Å². The van der Waals surface area contributed by atoms with E-state index in [4.69, 9.17) is 15.3 Å². The van der Waals surface area contributed by atoms with Gasteiger partial charge in [0.05, 0.1) is 6.04 Å². The molecule has 1 aromatic rings. The lowest BCUT2D eigenvalue weighted by Crippen LogP contribution is -2.13. The SMILES string of the molecule is CCCC(N)c1ocnc1C(=O)O. The number of hydrogen-bond donors (Lipinski definition) is 2. The summed E-state index contributed by atoms with van der Waals surface area (Å²) in [4.78, 5) is 14.2. The number of nitrogens with two attached hydrogens (primary N) is 1. The molecule has 72 valence electrons. The van der Waals surface area contributed by atoms with E-state index in [-0.39, 0.29) is 17.5 Å². The molecule has 0 aliphatic rings. The van der Waals surface area contributed by atoms with Gasteiger partial charge in [-0.25, -0.2) is 9.78 Å². The molecule has 0 aromatic carbocycles. The molecule has 0 spiro atoms. The third-order valence-electron chi connectivity index (χ3n) is 1.73. The first-order valence-corrected chi connectivity index (χ1v) is 4.09. The maximum absolute atomic E-state index is 10.6. The molecule has 0 fully saturated rings. The first-order valence-electron chi connectivity index (χ1n) is 4.09. The van der Waals surface area contributed by atoms with Gasteiger partial charge in [-0.3, -0.25) is 0 Å². The highest BCUT2D eigenvalue weighted by atomic mass is 16.4. The highest BCUT2D eigenvalue weighted by molar-refractivity contribution is 5.86. The molecular formula is C8H12N2O3. The van der Waals surface area contributed by atoms with Crippen LogP contribution in [0.5, 0.6) is 0 Å². The summed E-state index contributed by atoms with van der Waals surface area (Å²) in [5.41, 5.74) is 5.61. The van der Waals surface area contributed by atoms with Crippen molar-refractivity contribution in [1.29, 1.82) is 0 Å². The monoisotopic (exact) mass is 184 g/mol. The molecular weight excluding hydrogens is 172 g/mol. The lowest BCUT2D eigenvalue weighted by molar-refractivity contribution is 0.0688. The van der Waals surface area contributed by atoms with E-state index in [1.54, 1.807) is 0 Å². The molecule has 1 heterocycles. The van der Waals surface area contributed by atoms with E-state index in [1.807, 2.05) is 6.92 Å². The Bertz CT molecular complexity index is 295. The maximum Gasteiger partial charge on any atom is 0.358 e. The number of carboxylic acids is 1. The molecule has 0 aliphatic heterocycles. The quantitative estimate of drug-likeness (QED) is 0.733. The summed E-state index contributed by atoms with van der Waals surface area (Å²) in [7, 11) is 0. The second kappa shape index (κ2) is 4.04. The summed E-state index contributed by atoms with van der Waals surface area (Å²) in [5, 5.41) is 8.69. The van der Waals surface area contributed by atoms with Crippen molar-refractivity contribution >= 4 is 5.97 Å². The summed E-state index contributed by atoms with van der Waals surface area (Å²) in [6, 6.07) is -0.376. The Hall–Kier alpha value is -1.36. The van der Waals surface area contributed by atoms with Crippen molar-refractivity contribution in [1.82, 2.24) is 4.98 Å². The lowest BCUT2D eigenvalue weighted by atomic mass is 10.1. The van der Waals surface area contributed by atoms with E-state index in [0.29, 0.717) is 6.42 Å². The fourth-order valence-corrected chi connectivity index (χ4v) is 1.12. The maximum atomic E-state index is 10.6. The topological polar surface area (TPSA) is 89.4 Å². The van der Waals surface area contributed by atoms with Crippen LogP contribution in [0.2, 0.25) is 0 Å². The molecule has 0 radical (unpaired) electrons. The summed E-state index contributed by atoms with van der Waals surface area (Å²) >= 11 is 0. The third kappa shape index (κ3) is 2.06. The van der Waals surface area contributed by atoms with Gasteiger partial charge in [-0.1, -0.05) is 13.3 Å². The zero-order chi connectivity index (χ0) is 9.84. The molecule has 1 rings (SSSR count). The van der Waals surface area contributed by atoms with Gasteiger partial charge in [0.2, 0.25) is 0 Å². The Morgan fingerprint density at radius 3 is 3.08 bits per heavy atom. The summed E-state index contributed by atoms with van der Waals surface area (Å²) in [5.74, 6) is -0.843. The number of carbonyl (C=O) groups is 1. The van der Waals surface area contributed by atoms with E-state index in [9.17, 15) is 4.79 Å². The van der Waals surface area contributed by atoms with Gasteiger partial charge in [0.25, 0.3) is 0 Å². The van der Waals surface area contributed by atoms with Crippen molar-refractivity contribution in [2.75, 3.05) is 0 Å². The zero-order valence-corrected chi connectivity index (χ0v) is 7.36. The van der Waals surface area contributed by atoms with Crippen LogP contribution in [0.4, 0.5) is 0 Å². The number of aromatic carboxylic acids is 1. The van der Waals surface area contributed by atoms with Gasteiger partial charge in [-0.2, -0.15) is 0 Å². The Balaban J connectivity index is 2.86. The second-order valence-electron chi connectivity index (χ2n) is 2.77. The standard InChI is InChI=1S/C8H12N2O3/c1-2-3-5(9)7-6(8(11)12)10-4-13-7/h4-5H,2-3,9H2,1H3,(H,11,12). The molecule has 13 heavy (non-hydrogen) atoms. The van der Waals surface area contributed by atoms with Crippen LogP contribution < -0.4 is 5.73 Å². The van der Waals surface area contributed by atoms with Crippen molar-refractivity contribution in [3.63, 3.8) is 0 Å². The van der Waals surface area contributed by atoms with Crippen LogP contribution in [0.25, 0.3) is 0 Å². The zero-order valence-electron chi connectivity index (χ0n) is 7.36. The van der Waals surface area contributed by atoms with Gasteiger partial charge in [-0.15, -0.1) is 0 Å². The van der Waals surface area contributed by atoms with Crippen LogP contribution in [0, 0.1) is 0 Å². The third-order valence-corrected chi connectivity index (χ3v) is 1.73. The predicted octanol–water partition coefficient (Wildman–Crippen LogP) is 1.17. The van der Waals surface area contributed by atoms with Gasteiger partial charge in [0.15, 0.2) is 17.8 Å². The van der Waals surface area contributed by atoms with E-state index < -0.39 is 5.97 Å². The molecule has 0 amide bonds. The Morgan fingerprint density at radius 1 is 1.85 bits per heavy atom. The predicted molar refractivity (Wildman–Crippen MR) is 45.3 cm³/mol. The van der Waals surface area contributed by atoms with Crippen molar-refractivity contribution in [3.8, 4) is 0 Å². The highest BCUT2D eigenvalue weighted by Gasteiger charge is 2.20. The van der Waals surface area contributed by atoms with Crippen LogP contribution >= 0.6 is 0 Å². The smallest absolute Gasteiger partial charge is 0.358 e. The molecule has 1 atom stereocenters. The minimum atomic E-state index is -1.10. The van der Waals surface area contributed by atoms with E-state index in [0.717, 1.165) is 12.8 Å². The number of nitrogens with zero attached hydrogens (tertiary/aromatic N) is 1. The van der Waals surface area contributed by atoms with Gasteiger partial charge in [-0.05, 0) is 6.42 Å². The van der Waals surface area contributed by atoms with E-state index >= 15 is 0 Å². The number of carboxylic acid groups (broad SMARTS) is 1. The molecule has 3 N–H and O–H groups in total. The van der Waals surface area contributed by atoms with Crippen molar-refractivity contribution in [2.45, 2.75) is 25.8 Å². The first-order chi connectivity index (χ1) is 6.16. The normalized spacial score (nSPS) is 12.8. The fraction of sp³-hybridized carbons (Fsp3) is 0.500. The first kappa shape index (κ1) is 9.73. The van der Waals surface area contributed by atoms with Crippen molar-refractivity contribution in [3.05, 3.63) is 17.8 Å². The van der Waals surface area contributed by atoms with Crippen LogP contribution in [0.15, 0.2) is 10.8 Å². The molecule has 5 nitrogen and oxygen atoms in total. The number of hydrogen-bond acceptors (Lipinski definition) is 4. The summed E-state index contributed by atoms with van der Waals surface area (Å²) in [6.07, 6.45) is 2.67. The fourth-order valence-electron chi connectivity index (χ4n) is 1.12. The highest BCUT2D eigenvalue weighted by Crippen LogP contribution is 2.18. The van der Waals surface area contributed by atoms with Crippen LogP contribution in [0.3, 0.4) is 0 Å². The van der Waals surface area contributed by atoms with Crippen molar-refractivity contribution in [2.24, 2.45) is 5.73 Å². The Morgan fingerprint density at radius 2 is 2.54 bits per heavy atom. The van der Waals surface area contributed by atoms with Gasteiger partial charge < -0.3 is 15.3 Å². The minimum absolute atomic E-state index is 0.0825. The number of oxazole rings is 1. The van der Waals surface area contributed by atoms with Crippen molar-refractivity contribution < 1.29 is 14.3 Å². The molecule has 0 bridgehead atoms. The Labute approximate surface area is 75.6 Å². The average molecular weight is 184 g/mol. The number of rotatable bonds is 4. The summed E-state index contributed by atoms with van der Waals surface area (Å²) in [6.45, 7) is 1.97. The van der Waals surface area contributed by atoms with Gasteiger partial charge >= 0.3 is 5.97 Å².